The molecule has 0 spiro atoms. The van der Waals surface area contributed by atoms with Crippen LogP contribution in [-0.2, 0) is 30.3 Å². The van der Waals surface area contributed by atoms with Gasteiger partial charge in [0.05, 0.1) is 19.1 Å². The lowest BCUT2D eigenvalue weighted by molar-refractivity contribution is -0.159. The number of aldehydes is 1. The molecule has 9 heteroatoms. The number of ether oxygens (including phenoxy) is 2. The largest absolute Gasteiger partial charge is 0.509 e. The van der Waals surface area contributed by atoms with Crippen molar-refractivity contribution < 1.29 is 38.9 Å². The smallest absolute Gasteiger partial charge is 0.438 e. The lowest BCUT2D eigenvalue weighted by Crippen LogP contribution is -2.61. The molecule has 1 amide bonds. The maximum atomic E-state index is 13.7. The Morgan fingerprint density at radius 3 is 2.55 bits per heavy atom. The molecule has 0 aromatic heterocycles. The highest BCUT2D eigenvalue weighted by atomic mass is 16.7. The number of carbonyl (C=O) groups excluding carboxylic acids is 4. The van der Waals surface area contributed by atoms with E-state index >= 15 is 0 Å². The molecule has 1 aliphatic heterocycles. The van der Waals surface area contributed by atoms with Gasteiger partial charge in [0.15, 0.2) is 5.78 Å². The predicted octanol–water partition coefficient (Wildman–Crippen LogP) is 2.54. The van der Waals surface area contributed by atoms with Gasteiger partial charge in [0.25, 0.3) is 5.91 Å². The molecule has 0 bridgehead atoms. The Kier molecular flexibility index (Phi) is 8.94. The Bertz CT molecular complexity index is 1100. The summed E-state index contributed by atoms with van der Waals surface area (Å²) in [5, 5.41) is 24.6. The van der Waals surface area contributed by atoms with Gasteiger partial charge in [-0.1, -0.05) is 62.9 Å². The molecule has 0 unspecified atom stereocenters. The number of fused-ring (bicyclic) bond motifs is 1. The second-order valence-corrected chi connectivity index (χ2v) is 10.6. The molecular weight excluding hydrogens is 490 g/mol. The number of nitrogens with one attached hydrogen (secondary N) is 1. The van der Waals surface area contributed by atoms with Crippen LogP contribution in [-0.4, -0.2) is 64.8 Å². The van der Waals surface area contributed by atoms with Crippen molar-refractivity contribution in [2.24, 2.45) is 23.7 Å². The zero-order valence-electron chi connectivity index (χ0n) is 22.3. The fourth-order valence-corrected chi connectivity index (χ4v) is 5.87. The second-order valence-electron chi connectivity index (χ2n) is 10.6. The van der Waals surface area contributed by atoms with Crippen LogP contribution in [0.5, 0.6) is 0 Å². The number of aliphatic hydroxyl groups excluding tert-OH is 1. The highest BCUT2D eigenvalue weighted by molar-refractivity contribution is 5.92. The minimum atomic E-state index is -1.79. The summed E-state index contributed by atoms with van der Waals surface area (Å²) in [6, 6.07) is 9.17. The number of hydrogen-bond acceptors (Lipinski definition) is 8. The van der Waals surface area contributed by atoms with E-state index in [1.165, 1.54) is 6.92 Å². The number of benzene rings is 1. The van der Waals surface area contributed by atoms with Crippen LogP contribution in [0, 0.1) is 23.7 Å². The molecule has 0 radical (unpaired) electrons. The van der Waals surface area contributed by atoms with Gasteiger partial charge in [0.1, 0.15) is 11.9 Å². The van der Waals surface area contributed by atoms with Crippen molar-refractivity contribution in [2.75, 3.05) is 7.11 Å². The number of amides is 1. The summed E-state index contributed by atoms with van der Waals surface area (Å²) in [7, 11) is 1.15. The quantitative estimate of drug-likeness (QED) is 0.240. The van der Waals surface area contributed by atoms with Crippen LogP contribution in [0.25, 0.3) is 0 Å². The summed E-state index contributed by atoms with van der Waals surface area (Å²) in [6.07, 6.45) is 1.73. The van der Waals surface area contributed by atoms with Crippen molar-refractivity contribution >= 4 is 24.1 Å². The minimum absolute atomic E-state index is 0.160. The Balaban J connectivity index is 1.98. The molecule has 8 atom stereocenters. The van der Waals surface area contributed by atoms with E-state index in [1.54, 1.807) is 19.1 Å². The van der Waals surface area contributed by atoms with Gasteiger partial charge >= 0.3 is 6.16 Å². The van der Waals surface area contributed by atoms with Crippen molar-refractivity contribution in [2.45, 2.75) is 63.4 Å². The molecule has 3 rings (SSSR count). The number of carbonyl (C=O) groups is 4. The summed E-state index contributed by atoms with van der Waals surface area (Å²) < 4.78 is 10.5. The van der Waals surface area contributed by atoms with Gasteiger partial charge in [-0.15, -0.1) is 0 Å². The van der Waals surface area contributed by atoms with Crippen molar-refractivity contribution in [1.29, 1.82) is 0 Å². The fraction of sp³-hybridized carbons (Fsp3) is 0.517. The van der Waals surface area contributed by atoms with Crippen LogP contribution in [0.1, 0.15) is 39.2 Å². The van der Waals surface area contributed by atoms with Gasteiger partial charge in [-0.3, -0.25) is 9.59 Å². The molecule has 1 heterocycles. The first kappa shape index (κ1) is 29.3. The highest BCUT2D eigenvalue weighted by Crippen LogP contribution is 2.52. The molecule has 1 aromatic rings. The standard InChI is InChI=1S/C29H37NO8/c1-17(25(33)28(4,36)14-15-31)10-9-13-21-24(32)19(3)18(2)23-22(16-20-11-7-6-8-12-20)30-26(34)29(21,23)38-27(35)37-5/h6-9,11-13,15,17-18,21-24,32,36H,3,10,14,16H2,1-2,4-5H3,(H,30,34)/t17-,18+,21-,22-,23-,24+,28+,29+/m1/s1. The summed E-state index contributed by atoms with van der Waals surface area (Å²) >= 11 is 0. The minimum Gasteiger partial charge on any atom is -0.438 e. The predicted molar refractivity (Wildman–Crippen MR) is 139 cm³/mol. The van der Waals surface area contributed by atoms with Crippen molar-refractivity contribution in [1.82, 2.24) is 5.32 Å². The highest BCUT2D eigenvalue weighted by Gasteiger charge is 2.68. The van der Waals surface area contributed by atoms with Gasteiger partial charge in [-0.25, -0.2) is 4.79 Å². The van der Waals surface area contributed by atoms with E-state index in [1.807, 2.05) is 37.3 Å². The zero-order chi connectivity index (χ0) is 28.3. The molecule has 1 aromatic carbocycles. The molecular formula is C29H37NO8. The number of allylic oxidation sites excluding steroid dienone is 1. The molecule has 1 aliphatic carbocycles. The maximum Gasteiger partial charge on any atom is 0.509 e. The maximum absolute atomic E-state index is 13.7. The van der Waals surface area contributed by atoms with E-state index in [0.29, 0.717) is 18.3 Å². The molecule has 1 saturated heterocycles. The normalized spacial score (nSPS) is 31.2. The molecule has 206 valence electrons. The molecule has 2 fully saturated rings. The van der Waals surface area contributed by atoms with E-state index < -0.39 is 58.9 Å². The number of rotatable bonds is 10. The van der Waals surface area contributed by atoms with Crippen LogP contribution in [0.2, 0.25) is 0 Å². The Morgan fingerprint density at radius 1 is 1.29 bits per heavy atom. The molecule has 3 N–H and O–H groups in total. The lowest BCUT2D eigenvalue weighted by Gasteiger charge is -2.48. The van der Waals surface area contributed by atoms with Crippen molar-refractivity contribution in [3.8, 4) is 0 Å². The third-order valence-corrected chi connectivity index (χ3v) is 7.95. The van der Waals surface area contributed by atoms with E-state index in [4.69, 9.17) is 9.47 Å². The van der Waals surface area contributed by atoms with Gasteiger partial charge in [-0.05, 0) is 36.8 Å². The molecule has 2 aliphatic rings. The Labute approximate surface area is 222 Å². The van der Waals surface area contributed by atoms with E-state index in [9.17, 15) is 29.4 Å². The first-order chi connectivity index (χ1) is 17.9. The molecule has 38 heavy (non-hydrogen) atoms. The van der Waals surface area contributed by atoms with Crippen molar-refractivity contribution in [3.05, 3.63) is 60.2 Å². The summed E-state index contributed by atoms with van der Waals surface area (Å²) in [4.78, 5) is 49.6. The summed E-state index contributed by atoms with van der Waals surface area (Å²) in [5.41, 5.74) is -2.09. The third kappa shape index (κ3) is 5.44. The summed E-state index contributed by atoms with van der Waals surface area (Å²) in [5.74, 6) is -3.65. The van der Waals surface area contributed by atoms with Crippen LogP contribution in [0.4, 0.5) is 4.79 Å². The summed E-state index contributed by atoms with van der Waals surface area (Å²) in [6.45, 7) is 8.85. The average Bonchev–Trinajstić information content (AvgIpc) is 3.15. The topological polar surface area (TPSA) is 139 Å². The Morgan fingerprint density at radius 2 is 1.95 bits per heavy atom. The van der Waals surface area contributed by atoms with E-state index in [-0.39, 0.29) is 18.8 Å². The average molecular weight is 528 g/mol. The van der Waals surface area contributed by atoms with Crippen LogP contribution in [0.3, 0.4) is 0 Å². The second kappa shape index (κ2) is 11.6. The van der Waals surface area contributed by atoms with Gasteiger partial charge in [0.2, 0.25) is 5.60 Å². The van der Waals surface area contributed by atoms with E-state index in [0.717, 1.165) is 12.7 Å². The first-order valence-electron chi connectivity index (χ1n) is 12.8. The van der Waals surface area contributed by atoms with E-state index in [2.05, 4.69) is 11.9 Å². The first-order valence-corrected chi connectivity index (χ1v) is 12.8. The number of aliphatic hydroxyl groups is 2. The monoisotopic (exact) mass is 527 g/mol. The van der Waals surface area contributed by atoms with Crippen LogP contribution in [0.15, 0.2) is 54.6 Å². The SMILES string of the molecule is C=C1[C@H](C)[C@@H]2[C@@H](Cc3ccccc3)NC(=O)[C@]2(OC(=O)OC)[C@H](C=CC[C@@H](C)C(=O)[C@@](C)(O)CC=O)[C@H]1O. The van der Waals surface area contributed by atoms with Crippen LogP contribution < -0.4 is 5.32 Å². The van der Waals surface area contributed by atoms with Crippen molar-refractivity contribution in [3.63, 3.8) is 0 Å². The number of hydrogen-bond donors (Lipinski definition) is 3. The van der Waals surface area contributed by atoms with Crippen LogP contribution >= 0.6 is 0 Å². The number of Topliss-reactive ketones (excluding diaryl/α,β-unsaturated/α-hetero) is 1. The van der Waals surface area contributed by atoms with Gasteiger partial charge < -0.3 is 29.8 Å². The number of ketones is 1. The lowest BCUT2D eigenvalue weighted by atomic mass is 9.59. The third-order valence-electron chi connectivity index (χ3n) is 7.95. The van der Waals surface area contributed by atoms with Gasteiger partial charge in [-0.2, -0.15) is 0 Å². The van der Waals surface area contributed by atoms with Gasteiger partial charge in [0, 0.05) is 24.3 Å². The molecule has 1 saturated carbocycles. The fourth-order valence-electron chi connectivity index (χ4n) is 5.87. The zero-order valence-corrected chi connectivity index (χ0v) is 22.3. The molecule has 9 nitrogen and oxygen atoms in total. The Hall–Kier alpha value is -3.30. The number of methoxy groups -OCH3 is 1.